The first-order valence-corrected chi connectivity index (χ1v) is 10.6. The third kappa shape index (κ3) is 2.60. The second kappa shape index (κ2) is 5.40. The predicted octanol–water partition coefficient (Wildman–Crippen LogP) is 2.29. The highest BCUT2D eigenvalue weighted by Gasteiger charge is 2.58. The molecule has 1 atom stereocenters. The van der Waals surface area contributed by atoms with Gasteiger partial charge in [-0.05, 0) is 44.4 Å². The molecule has 2 aromatic heterocycles. The summed E-state index contributed by atoms with van der Waals surface area (Å²) in [6.45, 7) is 2.84. The molecular weight excluding hydrogens is 356 g/mol. The minimum absolute atomic E-state index is 0.103. The number of nitrogens with zero attached hydrogens (tertiary/aromatic N) is 3. The van der Waals surface area contributed by atoms with E-state index in [2.05, 4.69) is 10.1 Å². The Morgan fingerprint density at radius 2 is 2.04 bits per heavy atom. The molecule has 2 aliphatic carbocycles. The molecule has 1 aliphatic heterocycles. The summed E-state index contributed by atoms with van der Waals surface area (Å²) in [6.07, 6.45) is 6.64. The highest BCUT2D eigenvalue weighted by molar-refractivity contribution is 7.86. The van der Waals surface area contributed by atoms with Gasteiger partial charge in [-0.3, -0.25) is 0 Å². The molecule has 9 heteroatoms. The lowest BCUT2D eigenvalue weighted by molar-refractivity contribution is 0.246. The van der Waals surface area contributed by atoms with Crippen molar-refractivity contribution in [3.63, 3.8) is 0 Å². The fourth-order valence-corrected chi connectivity index (χ4v) is 5.02. The lowest BCUT2D eigenvalue weighted by atomic mass is 9.92. The Bertz CT molecular complexity index is 951. The van der Waals surface area contributed by atoms with Crippen molar-refractivity contribution in [1.29, 1.82) is 0 Å². The first-order valence-electron chi connectivity index (χ1n) is 9.07. The monoisotopic (exact) mass is 378 g/mol. The van der Waals surface area contributed by atoms with Crippen LogP contribution in [-0.2, 0) is 10.2 Å². The molecule has 140 valence electrons. The zero-order valence-corrected chi connectivity index (χ0v) is 15.5. The van der Waals surface area contributed by atoms with E-state index in [1.807, 2.05) is 6.92 Å². The minimum atomic E-state index is -3.59. The fourth-order valence-electron chi connectivity index (χ4n) is 4.32. The second-order valence-electron chi connectivity index (χ2n) is 7.90. The van der Waals surface area contributed by atoms with Gasteiger partial charge < -0.3 is 8.94 Å². The summed E-state index contributed by atoms with van der Waals surface area (Å²) in [7, 11) is -3.59. The summed E-state index contributed by atoms with van der Waals surface area (Å²) in [5.74, 6) is 2.96. The third-order valence-electron chi connectivity index (χ3n) is 6.19. The largest absolute Gasteiger partial charge is 0.440 e. The van der Waals surface area contributed by atoms with Gasteiger partial charge in [-0.2, -0.15) is 12.7 Å². The summed E-state index contributed by atoms with van der Waals surface area (Å²) in [5.41, 5.74) is 2.04. The first-order chi connectivity index (χ1) is 12.4. The molecular formula is C17H22N4O4S. The molecule has 2 N–H and O–H groups in total. The van der Waals surface area contributed by atoms with Gasteiger partial charge in [0.25, 0.3) is 10.2 Å². The van der Waals surface area contributed by atoms with E-state index in [0.29, 0.717) is 19.0 Å². The van der Waals surface area contributed by atoms with Crippen LogP contribution in [0.5, 0.6) is 0 Å². The van der Waals surface area contributed by atoms with Crippen molar-refractivity contribution in [2.45, 2.75) is 50.9 Å². The molecule has 0 aromatic carbocycles. The highest BCUT2D eigenvalue weighted by Crippen LogP contribution is 2.65. The normalized spacial score (nSPS) is 25.7. The molecule has 1 spiro atoms. The molecule has 26 heavy (non-hydrogen) atoms. The van der Waals surface area contributed by atoms with Crippen LogP contribution in [-0.4, -0.2) is 36.0 Å². The van der Waals surface area contributed by atoms with Crippen molar-refractivity contribution < 1.29 is 17.4 Å². The maximum Gasteiger partial charge on any atom is 0.276 e. The van der Waals surface area contributed by atoms with Gasteiger partial charge in [0.2, 0.25) is 0 Å². The average molecular weight is 378 g/mol. The van der Waals surface area contributed by atoms with Crippen LogP contribution in [0.1, 0.15) is 61.3 Å². The van der Waals surface area contributed by atoms with Crippen LogP contribution in [0.3, 0.4) is 0 Å². The number of oxazole rings is 1. The van der Waals surface area contributed by atoms with E-state index >= 15 is 0 Å². The molecule has 8 nitrogen and oxygen atoms in total. The van der Waals surface area contributed by atoms with Crippen molar-refractivity contribution in [2.75, 3.05) is 13.1 Å². The molecule has 0 bridgehead atoms. The molecule has 2 aromatic rings. The molecule has 3 heterocycles. The molecule has 0 radical (unpaired) electrons. The lowest BCUT2D eigenvalue weighted by Crippen LogP contribution is -2.42. The van der Waals surface area contributed by atoms with E-state index in [-0.39, 0.29) is 11.3 Å². The molecule has 0 unspecified atom stereocenters. The number of hydrogen-bond donors (Lipinski definition) is 1. The standard InChI is InChI=1S/C17H22N4O4S/c1-10-14(15(20-25-10)11-2-3-11)13-9-19-16(24-13)12-8-17(12)4-6-21(7-5-17)26(18,22)23/h9,11-12H,2-8H2,1H3,(H2,18,22,23)/t12-/m0/s1. The molecule has 3 fully saturated rings. The number of hydrogen-bond acceptors (Lipinski definition) is 6. The van der Waals surface area contributed by atoms with Crippen molar-refractivity contribution in [3.8, 4) is 11.3 Å². The van der Waals surface area contributed by atoms with Crippen LogP contribution in [0.2, 0.25) is 0 Å². The zero-order chi connectivity index (χ0) is 18.1. The van der Waals surface area contributed by atoms with Gasteiger partial charge >= 0.3 is 0 Å². The summed E-state index contributed by atoms with van der Waals surface area (Å²) < 4.78 is 35.8. The number of rotatable bonds is 4. The third-order valence-corrected chi connectivity index (χ3v) is 7.27. The summed E-state index contributed by atoms with van der Waals surface area (Å²) in [5, 5.41) is 9.43. The Balaban J connectivity index is 1.34. The topological polar surface area (TPSA) is 115 Å². The van der Waals surface area contributed by atoms with Crippen LogP contribution < -0.4 is 5.14 Å². The van der Waals surface area contributed by atoms with Crippen molar-refractivity contribution in [2.24, 2.45) is 10.6 Å². The van der Waals surface area contributed by atoms with Crippen LogP contribution in [0.15, 0.2) is 15.1 Å². The Hall–Kier alpha value is -1.71. The predicted molar refractivity (Wildman–Crippen MR) is 92.4 cm³/mol. The zero-order valence-electron chi connectivity index (χ0n) is 14.6. The molecule has 2 saturated carbocycles. The molecule has 0 amide bonds. The van der Waals surface area contributed by atoms with Crippen LogP contribution in [0, 0.1) is 12.3 Å². The number of nitrogens with two attached hydrogens (primary N) is 1. The van der Waals surface area contributed by atoms with Gasteiger partial charge in [0.15, 0.2) is 11.7 Å². The lowest BCUT2D eigenvalue weighted by Gasteiger charge is -2.30. The Kier molecular flexibility index (Phi) is 3.42. The van der Waals surface area contributed by atoms with Crippen molar-refractivity contribution in [1.82, 2.24) is 14.4 Å². The number of aryl methyl sites for hydroxylation is 1. The van der Waals surface area contributed by atoms with Gasteiger partial charge in [0.1, 0.15) is 5.76 Å². The van der Waals surface area contributed by atoms with Gasteiger partial charge in [-0.25, -0.2) is 10.1 Å². The minimum Gasteiger partial charge on any atom is -0.440 e. The van der Waals surface area contributed by atoms with Gasteiger partial charge in [0, 0.05) is 24.9 Å². The maximum atomic E-state index is 11.5. The second-order valence-corrected chi connectivity index (χ2v) is 9.45. The summed E-state index contributed by atoms with van der Waals surface area (Å²) in [4.78, 5) is 4.52. The fraction of sp³-hybridized carbons (Fsp3) is 0.647. The smallest absolute Gasteiger partial charge is 0.276 e. The summed E-state index contributed by atoms with van der Waals surface area (Å²) >= 11 is 0. The molecule has 1 saturated heterocycles. The van der Waals surface area contributed by atoms with E-state index in [1.165, 1.54) is 4.31 Å². The quantitative estimate of drug-likeness (QED) is 0.873. The Labute approximate surface area is 151 Å². The van der Waals surface area contributed by atoms with Gasteiger partial charge in [0.05, 0.1) is 17.5 Å². The van der Waals surface area contributed by atoms with Crippen molar-refractivity contribution in [3.05, 3.63) is 23.5 Å². The summed E-state index contributed by atoms with van der Waals surface area (Å²) in [6, 6.07) is 0. The van der Waals surface area contributed by atoms with E-state index in [1.54, 1.807) is 6.20 Å². The van der Waals surface area contributed by atoms with E-state index in [0.717, 1.165) is 60.8 Å². The van der Waals surface area contributed by atoms with Crippen LogP contribution >= 0.6 is 0 Å². The van der Waals surface area contributed by atoms with Crippen LogP contribution in [0.4, 0.5) is 0 Å². The molecule has 3 aliphatic rings. The van der Waals surface area contributed by atoms with Crippen molar-refractivity contribution >= 4 is 10.2 Å². The average Bonchev–Trinajstić information content (AvgIpc) is 3.46. The van der Waals surface area contributed by atoms with E-state index in [9.17, 15) is 8.42 Å². The highest BCUT2D eigenvalue weighted by atomic mass is 32.2. The Morgan fingerprint density at radius 3 is 2.69 bits per heavy atom. The van der Waals surface area contributed by atoms with E-state index in [4.69, 9.17) is 14.1 Å². The Morgan fingerprint density at radius 1 is 1.31 bits per heavy atom. The number of piperidine rings is 1. The maximum absolute atomic E-state index is 11.5. The van der Waals surface area contributed by atoms with Gasteiger partial charge in [-0.1, -0.05) is 5.16 Å². The molecule has 5 rings (SSSR count). The first kappa shape index (κ1) is 16.5. The SMILES string of the molecule is Cc1onc(C2CC2)c1-c1cnc([C@@H]2CC23CCN(S(N)(=O)=O)CC3)o1. The van der Waals surface area contributed by atoms with E-state index < -0.39 is 10.2 Å². The van der Waals surface area contributed by atoms with Gasteiger partial charge in [-0.15, -0.1) is 0 Å². The number of aromatic nitrogens is 2. The van der Waals surface area contributed by atoms with Crippen LogP contribution in [0.25, 0.3) is 11.3 Å².